The van der Waals surface area contributed by atoms with E-state index >= 15 is 0 Å². The van der Waals surface area contributed by atoms with Crippen LogP contribution in [0.3, 0.4) is 0 Å². The van der Waals surface area contributed by atoms with Crippen molar-refractivity contribution < 1.29 is 9.59 Å². The van der Waals surface area contributed by atoms with Crippen LogP contribution in [0.25, 0.3) is 0 Å². The molecule has 0 bridgehead atoms. The first kappa shape index (κ1) is 13.2. The third kappa shape index (κ3) is 3.29. The van der Waals surface area contributed by atoms with Crippen molar-refractivity contribution in [3.63, 3.8) is 0 Å². The van der Waals surface area contributed by atoms with E-state index in [-0.39, 0.29) is 18.2 Å². The van der Waals surface area contributed by atoms with Crippen LogP contribution in [0.4, 0.5) is 5.69 Å². The number of rotatable bonds is 4. The lowest BCUT2D eigenvalue weighted by Crippen LogP contribution is -2.21. The van der Waals surface area contributed by atoms with Crippen molar-refractivity contribution in [2.45, 2.75) is 13.3 Å². The first-order chi connectivity index (χ1) is 8.10. The molecule has 0 spiro atoms. The van der Waals surface area contributed by atoms with E-state index in [9.17, 15) is 9.59 Å². The minimum atomic E-state index is -0.169. The number of nitrogens with two attached hydrogens (primary N) is 1. The standard InChI is InChI=1S/C12H17N3O2/c1-8-9(12(17)14-2)4-3-5-10(8)15-11(16)6-7-13/h3-5H,6-7,13H2,1-2H3,(H,14,17)(H,15,16). The summed E-state index contributed by atoms with van der Waals surface area (Å²) < 4.78 is 0. The maximum absolute atomic E-state index is 11.6. The summed E-state index contributed by atoms with van der Waals surface area (Å²) in [5.74, 6) is -0.318. The van der Waals surface area contributed by atoms with E-state index in [0.29, 0.717) is 17.8 Å². The van der Waals surface area contributed by atoms with Gasteiger partial charge < -0.3 is 16.4 Å². The summed E-state index contributed by atoms with van der Waals surface area (Å²) in [7, 11) is 1.57. The number of anilines is 1. The molecular formula is C12H17N3O2. The van der Waals surface area contributed by atoms with Crippen LogP contribution in [0.1, 0.15) is 22.3 Å². The molecular weight excluding hydrogens is 218 g/mol. The first-order valence-corrected chi connectivity index (χ1v) is 5.41. The second-order valence-electron chi connectivity index (χ2n) is 3.64. The van der Waals surface area contributed by atoms with Gasteiger partial charge in [0.2, 0.25) is 5.91 Å². The summed E-state index contributed by atoms with van der Waals surface area (Å²) in [4.78, 5) is 23.0. The Morgan fingerprint density at radius 1 is 1.35 bits per heavy atom. The van der Waals surface area contributed by atoms with Gasteiger partial charge in [-0.1, -0.05) is 6.07 Å². The normalized spacial score (nSPS) is 9.82. The van der Waals surface area contributed by atoms with Crippen LogP contribution in [0.15, 0.2) is 18.2 Å². The molecule has 4 N–H and O–H groups in total. The highest BCUT2D eigenvalue weighted by Gasteiger charge is 2.11. The summed E-state index contributed by atoms with van der Waals surface area (Å²) in [6, 6.07) is 5.21. The molecule has 17 heavy (non-hydrogen) atoms. The summed E-state index contributed by atoms with van der Waals surface area (Å²) >= 11 is 0. The van der Waals surface area contributed by atoms with Gasteiger partial charge in [0.1, 0.15) is 0 Å². The summed E-state index contributed by atoms with van der Waals surface area (Å²) in [5.41, 5.74) is 7.24. The van der Waals surface area contributed by atoms with Crippen LogP contribution in [0, 0.1) is 6.92 Å². The average molecular weight is 235 g/mol. The molecule has 0 saturated carbocycles. The maximum atomic E-state index is 11.6. The number of benzene rings is 1. The van der Waals surface area contributed by atoms with E-state index in [0.717, 1.165) is 5.56 Å². The zero-order valence-electron chi connectivity index (χ0n) is 10.0. The molecule has 0 atom stereocenters. The van der Waals surface area contributed by atoms with Gasteiger partial charge in [-0.3, -0.25) is 9.59 Å². The predicted octanol–water partition coefficient (Wildman–Crippen LogP) is 0.642. The molecule has 0 saturated heterocycles. The van der Waals surface area contributed by atoms with Crippen LogP contribution in [-0.2, 0) is 4.79 Å². The second kappa shape index (κ2) is 6.00. The van der Waals surface area contributed by atoms with Crippen LogP contribution >= 0.6 is 0 Å². The Labute approximate surface area is 100 Å². The third-order valence-corrected chi connectivity index (χ3v) is 2.45. The Morgan fingerprint density at radius 3 is 2.65 bits per heavy atom. The molecule has 0 aliphatic rings. The first-order valence-electron chi connectivity index (χ1n) is 5.41. The molecule has 0 fully saturated rings. The van der Waals surface area contributed by atoms with Gasteiger partial charge in [-0.25, -0.2) is 0 Å². The molecule has 2 amide bonds. The summed E-state index contributed by atoms with van der Waals surface area (Å²) in [6.07, 6.45) is 0.268. The van der Waals surface area contributed by atoms with Crippen molar-refractivity contribution in [2.75, 3.05) is 18.9 Å². The Bertz CT molecular complexity index is 430. The molecule has 5 nitrogen and oxygen atoms in total. The van der Waals surface area contributed by atoms with Crippen molar-refractivity contribution >= 4 is 17.5 Å². The van der Waals surface area contributed by atoms with Crippen molar-refractivity contribution in [3.05, 3.63) is 29.3 Å². The van der Waals surface area contributed by atoms with Gasteiger partial charge in [0.05, 0.1) is 0 Å². The lowest BCUT2D eigenvalue weighted by Gasteiger charge is -2.11. The fourth-order valence-electron chi connectivity index (χ4n) is 1.50. The lowest BCUT2D eigenvalue weighted by molar-refractivity contribution is -0.116. The lowest BCUT2D eigenvalue weighted by atomic mass is 10.1. The second-order valence-corrected chi connectivity index (χ2v) is 3.64. The van der Waals surface area contributed by atoms with E-state index < -0.39 is 0 Å². The van der Waals surface area contributed by atoms with Gasteiger partial charge in [-0.2, -0.15) is 0 Å². The maximum Gasteiger partial charge on any atom is 0.251 e. The monoisotopic (exact) mass is 235 g/mol. The predicted molar refractivity (Wildman–Crippen MR) is 66.9 cm³/mol. The highest BCUT2D eigenvalue weighted by Crippen LogP contribution is 2.18. The zero-order chi connectivity index (χ0) is 12.8. The van der Waals surface area contributed by atoms with E-state index in [4.69, 9.17) is 5.73 Å². The SMILES string of the molecule is CNC(=O)c1cccc(NC(=O)CCN)c1C. The smallest absolute Gasteiger partial charge is 0.251 e. The van der Waals surface area contributed by atoms with Gasteiger partial charge in [0, 0.05) is 31.3 Å². The molecule has 1 aromatic carbocycles. The number of hydrogen-bond donors (Lipinski definition) is 3. The van der Waals surface area contributed by atoms with Crippen LogP contribution in [0.5, 0.6) is 0 Å². The fourth-order valence-corrected chi connectivity index (χ4v) is 1.50. The Hall–Kier alpha value is -1.88. The summed E-state index contributed by atoms with van der Waals surface area (Å²) in [5, 5.41) is 5.29. The highest BCUT2D eigenvalue weighted by molar-refractivity contribution is 5.99. The molecule has 0 unspecified atom stereocenters. The van der Waals surface area contributed by atoms with Crippen molar-refractivity contribution in [1.82, 2.24) is 5.32 Å². The van der Waals surface area contributed by atoms with Crippen molar-refractivity contribution in [3.8, 4) is 0 Å². The molecule has 5 heteroatoms. The van der Waals surface area contributed by atoms with Gasteiger partial charge in [0.25, 0.3) is 5.91 Å². The van der Waals surface area contributed by atoms with Crippen LogP contribution in [-0.4, -0.2) is 25.4 Å². The minimum absolute atomic E-state index is 0.148. The number of carbonyl (C=O) groups excluding carboxylic acids is 2. The van der Waals surface area contributed by atoms with Gasteiger partial charge >= 0.3 is 0 Å². The number of nitrogens with one attached hydrogen (secondary N) is 2. The van der Waals surface area contributed by atoms with Gasteiger partial charge in [0.15, 0.2) is 0 Å². The molecule has 0 heterocycles. The molecule has 1 aromatic rings. The minimum Gasteiger partial charge on any atom is -0.355 e. The molecule has 92 valence electrons. The molecule has 0 aliphatic carbocycles. The zero-order valence-corrected chi connectivity index (χ0v) is 10.0. The van der Waals surface area contributed by atoms with Crippen LogP contribution < -0.4 is 16.4 Å². The van der Waals surface area contributed by atoms with Gasteiger partial charge in [-0.15, -0.1) is 0 Å². The molecule has 0 aliphatic heterocycles. The summed E-state index contributed by atoms with van der Waals surface area (Å²) in [6.45, 7) is 2.10. The van der Waals surface area contributed by atoms with E-state index in [2.05, 4.69) is 10.6 Å². The van der Waals surface area contributed by atoms with Crippen molar-refractivity contribution in [1.29, 1.82) is 0 Å². The third-order valence-electron chi connectivity index (χ3n) is 2.45. The fraction of sp³-hybridized carbons (Fsp3) is 0.333. The van der Waals surface area contributed by atoms with Crippen LogP contribution in [0.2, 0.25) is 0 Å². The van der Waals surface area contributed by atoms with Crippen molar-refractivity contribution in [2.24, 2.45) is 5.73 Å². The molecule has 0 radical (unpaired) electrons. The Morgan fingerprint density at radius 2 is 2.06 bits per heavy atom. The van der Waals surface area contributed by atoms with Gasteiger partial charge in [-0.05, 0) is 24.6 Å². The van der Waals surface area contributed by atoms with E-state index in [1.165, 1.54) is 0 Å². The largest absolute Gasteiger partial charge is 0.355 e. The number of amides is 2. The number of carbonyl (C=O) groups is 2. The van der Waals surface area contributed by atoms with E-state index in [1.807, 2.05) is 0 Å². The molecule has 0 aromatic heterocycles. The quantitative estimate of drug-likeness (QED) is 0.716. The number of hydrogen-bond acceptors (Lipinski definition) is 3. The Balaban J connectivity index is 2.94. The average Bonchev–Trinajstić information content (AvgIpc) is 2.31. The molecule has 1 rings (SSSR count). The topological polar surface area (TPSA) is 84.2 Å². The highest BCUT2D eigenvalue weighted by atomic mass is 16.2. The van der Waals surface area contributed by atoms with E-state index in [1.54, 1.807) is 32.2 Å². The Kier molecular flexibility index (Phi) is 4.66.